The van der Waals surface area contributed by atoms with Crippen LogP contribution in [0.5, 0.6) is 0 Å². The van der Waals surface area contributed by atoms with Crippen LogP contribution in [0.3, 0.4) is 0 Å². The SMILES string of the molecule is O=C(C1CC1)N1CC[C@@H](CN2C(=O)C3(CC3)N=C2c2ccc(-c3ccc4[nH]ncc4c3)cc2F)C1. The summed E-state index contributed by atoms with van der Waals surface area (Å²) in [6.45, 7) is 1.88. The first kappa shape index (κ1) is 20.8. The molecule has 4 aliphatic rings. The molecule has 178 valence electrons. The van der Waals surface area contributed by atoms with Crippen molar-refractivity contribution in [1.29, 1.82) is 0 Å². The highest BCUT2D eigenvalue weighted by atomic mass is 19.1. The number of likely N-dealkylation sites (tertiary alicyclic amines) is 1. The predicted molar refractivity (Wildman–Crippen MR) is 129 cm³/mol. The van der Waals surface area contributed by atoms with E-state index in [9.17, 15) is 9.59 Å². The first-order valence-corrected chi connectivity index (χ1v) is 12.4. The van der Waals surface area contributed by atoms with E-state index in [0.29, 0.717) is 37.3 Å². The van der Waals surface area contributed by atoms with E-state index in [4.69, 9.17) is 4.99 Å². The summed E-state index contributed by atoms with van der Waals surface area (Å²) in [5.74, 6) is 0.673. The summed E-state index contributed by atoms with van der Waals surface area (Å²) in [6.07, 6.45) is 6.03. The van der Waals surface area contributed by atoms with Crippen molar-refractivity contribution in [3.8, 4) is 11.1 Å². The van der Waals surface area contributed by atoms with Crippen LogP contribution in [0, 0.1) is 17.7 Å². The number of hydrogen-bond acceptors (Lipinski definition) is 4. The van der Waals surface area contributed by atoms with Crippen molar-refractivity contribution >= 4 is 28.6 Å². The number of amidine groups is 1. The zero-order chi connectivity index (χ0) is 23.7. The van der Waals surface area contributed by atoms with Gasteiger partial charge in [0, 0.05) is 30.9 Å². The minimum atomic E-state index is -0.700. The Kier molecular flexibility index (Phi) is 4.44. The zero-order valence-corrected chi connectivity index (χ0v) is 19.3. The lowest BCUT2D eigenvalue weighted by Crippen LogP contribution is -2.41. The number of nitrogens with zero attached hydrogens (tertiary/aromatic N) is 4. The van der Waals surface area contributed by atoms with Crippen molar-refractivity contribution in [3.63, 3.8) is 0 Å². The third-order valence-corrected chi connectivity index (χ3v) is 7.89. The predicted octanol–water partition coefficient (Wildman–Crippen LogP) is 3.75. The second kappa shape index (κ2) is 7.47. The summed E-state index contributed by atoms with van der Waals surface area (Å²) >= 11 is 0. The van der Waals surface area contributed by atoms with Gasteiger partial charge in [-0.2, -0.15) is 5.10 Å². The van der Waals surface area contributed by atoms with Crippen LogP contribution >= 0.6 is 0 Å². The second-order valence-electron chi connectivity index (χ2n) is 10.5. The fourth-order valence-corrected chi connectivity index (χ4v) is 5.50. The average Bonchev–Trinajstić information content (AvgIpc) is 3.74. The Morgan fingerprint density at radius 2 is 1.91 bits per heavy atom. The van der Waals surface area contributed by atoms with Crippen LogP contribution in [0.2, 0.25) is 0 Å². The van der Waals surface area contributed by atoms with Crippen LogP contribution < -0.4 is 0 Å². The number of nitrogens with one attached hydrogen (secondary N) is 1. The maximum Gasteiger partial charge on any atom is 0.256 e. The molecule has 2 aliphatic carbocycles. The van der Waals surface area contributed by atoms with Gasteiger partial charge in [0.2, 0.25) is 5.91 Å². The van der Waals surface area contributed by atoms with Gasteiger partial charge in [-0.3, -0.25) is 24.6 Å². The van der Waals surface area contributed by atoms with Gasteiger partial charge in [-0.05, 0) is 73.4 Å². The molecule has 8 heteroatoms. The summed E-state index contributed by atoms with van der Waals surface area (Å²) in [5.41, 5.74) is 2.25. The average molecular weight is 472 g/mol. The first-order chi connectivity index (χ1) is 17.0. The number of hydrogen-bond donors (Lipinski definition) is 1. The molecule has 2 saturated carbocycles. The topological polar surface area (TPSA) is 81.7 Å². The molecule has 2 aromatic carbocycles. The number of carbonyl (C=O) groups excluding carboxylic acids is 2. The quantitative estimate of drug-likeness (QED) is 0.615. The zero-order valence-electron chi connectivity index (χ0n) is 19.3. The molecule has 1 aromatic heterocycles. The van der Waals surface area contributed by atoms with Crippen molar-refractivity contribution in [1.82, 2.24) is 20.0 Å². The molecule has 2 amide bonds. The lowest BCUT2D eigenvalue weighted by Gasteiger charge is -2.24. The molecule has 0 unspecified atom stereocenters. The Morgan fingerprint density at radius 1 is 1.11 bits per heavy atom. The maximum absolute atomic E-state index is 15.5. The molecule has 7 rings (SSSR count). The molecular weight excluding hydrogens is 445 g/mol. The lowest BCUT2D eigenvalue weighted by molar-refractivity contribution is -0.131. The Labute approximate surface area is 202 Å². The fraction of sp³-hybridized carbons (Fsp3) is 0.407. The van der Waals surface area contributed by atoms with Gasteiger partial charge in [0.25, 0.3) is 5.91 Å². The van der Waals surface area contributed by atoms with E-state index < -0.39 is 5.54 Å². The van der Waals surface area contributed by atoms with Crippen molar-refractivity contribution in [2.45, 2.75) is 37.6 Å². The number of halogens is 1. The number of aliphatic imine (C=N–C) groups is 1. The number of rotatable bonds is 5. The monoisotopic (exact) mass is 471 g/mol. The maximum atomic E-state index is 15.5. The van der Waals surface area contributed by atoms with E-state index in [1.54, 1.807) is 17.2 Å². The van der Waals surface area contributed by atoms with Crippen LogP contribution in [0.15, 0.2) is 47.6 Å². The van der Waals surface area contributed by atoms with Crippen molar-refractivity contribution in [3.05, 3.63) is 54.0 Å². The number of carbonyl (C=O) groups is 2. The number of H-pyrrole nitrogens is 1. The standard InChI is InChI=1S/C27H26FN5O2/c28-22-12-19(18-4-6-23-20(11-18)13-29-31-23)3-5-21(22)24-30-27(8-9-27)26(35)33(24)15-16-7-10-32(14-16)25(34)17-1-2-17/h3-6,11-13,16-17H,1-2,7-10,14-15H2,(H,29,31)/t16-/m1/s1. The normalized spacial score (nSPS) is 22.9. The second-order valence-corrected chi connectivity index (χ2v) is 10.5. The molecule has 35 heavy (non-hydrogen) atoms. The van der Waals surface area contributed by atoms with Crippen molar-refractivity contribution in [2.24, 2.45) is 16.8 Å². The molecule has 3 fully saturated rings. The van der Waals surface area contributed by atoms with Gasteiger partial charge in [-0.1, -0.05) is 12.1 Å². The van der Waals surface area contributed by atoms with Gasteiger partial charge in [0.05, 0.1) is 17.3 Å². The highest BCUT2D eigenvalue weighted by Crippen LogP contribution is 2.46. The van der Waals surface area contributed by atoms with E-state index in [1.807, 2.05) is 29.2 Å². The molecule has 0 radical (unpaired) electrons. The molecule has 1 atom stereocenters. The minimum absolute atomic E-state index is 0.0200. The Bertz CT molecular complexity index is 1400. The first-order valence-electron chi connectivity index (χ1n) is 12.4. The summed E-state index contributed by atoms with van der Waals surface area (Å²) in [7, 11) is 0. The number of aromatic nitrogens is 2. The molecule has 1 N–H and O–H groups in total. The largest absolute Gasteiger partial charge is 0.342 e. The van der Waals surface area contributed by atoms with Crippen molar-refractivity contribution in [2.75, 3.05) is 19.6 Å². The molecule has 1 saturated heterocycles. The van der Waals surface area contributed by atoms with Gasteiger partial charge in [0.15, 0.2) is 0 Å². The molecule has 2 aliphatic heterocycles. The van der Waals surface area contributed by atoms with Crippen LogP contribution in [0.25, 0.3) is 22.0 Å². The molecule has 3 heterocycles. The Hall–Kier alpha value is -3.55. The summed E-state index contributed by atoms with van der Waals surface area (Å²) in [5, 5.41) is 7.94. The summed E-state index contributed by atoms with van der Waals surface area (Å²) < 4.78 is 15.5. The smallest absolute Gasteiger partial charge is 0.256 e. The Morgan fingerprint density at radius 3 is 2.69 bits per heavy atom. The highest BCUT2D eigenvalue weighted by molar-refractivity contribution is 6.16. The van der Waals surface area contributed by atoms with Gasteiger partial charge < -0.3 is 4.90 Å². The Balaban J connectivity index is 1.15. The number of amides is 2. The van der Waals surface area contributed by atoms with E-state index in [-0.39, 0.29) is 29.5 Å². The van der Waals surface area contributed by atoms with E-state index >= 15 is 4.39 Å². The van der Waals surface area contributed by atoms with Gasteiger partial charge in [0.1, 0.15) is 17.2 Å². The molecule has 1 spiro atoms. The van der Waals surface area contributed by atoms with Crippen LogP contribution in [0.4, 0.5) is 4.39 Å². The lowest BCUT2D eigenvalue weighted by atomic mass is 10.0. The van der Waals surface area contributed by atoms with Crippen LogP contribution in [0.1, 0.15) is 37.7 Å². The molecular formula is C27H26FN5O2. The molecule has 0 bridgehead atoms. The third kappa shape index (κ3) is 3.46. The van der Waals surface area contributed by atoms with Crippen LogP contribution in [-0.2, 0) is 9.59 Å². The number of fused-ring (bicyclic) bond motifs is 1. The summed E-state index contributed by atoms with van der Waals surface area (Å²) in [4.78, 5) is 34.2. The molecule has 3 aromatic rings. The molecule has 7 nitrogen and oxygen atoms in total. The van der Waals surface area contributed by atoms with Crippen LogP contribution in [-0.4, -0.2) is 62.8 Å². The summed E-state index contributed by atoms with van der Waals surface area (Å²) in [6, 6.07) is 11.0. The minimum Gasteiger partial charge on any atom is -0.342 e. The van der Waals surface area contributed by atoms with Gasteiger partial charge in [-0.25, -0.2) is 4.39 Å². The number of benzene rings is 2. The van der Waals surface area contributed by atoms with Crippen molar-refractivity contribution < 1.29 is 14.0 Å². The van der Waals surface area contributed by atoms with Gasteiger partial charge in [-0.15, -0.1) is 0 Å². The number of aromatic amines is 1. The fourth-order valence-electron chi connectivity index (χ4n) is 5.50. The van der Waals surface area contributed by atoms with Gasteiger partial charge >= 0.3 is 0 Å². The van der Waals surface area contributed by atoms with E-state index in [0.717, 1.165) is 47.8 Å². The van der Waals surface area contributed by atoms with E-state index in [2.05, 4.69) is 10.2 Å². The van der Waals surface area contributed by atoms with E-state index in [1.165, 1.54) is 6.07 Å². The highest BCUT2D eigenvalue weighted by Gasteiger charge is 2.58. The third-order valence-electron chi connectivity index (χ3n) is 7.89.